The molecule has 1 amide bonds. The van der Waals surface area contributed by atoms with Crippen molar-refractivity contribution in [2.45, 2.75) is 0 Å². The van der Waals surface area contributed by atoms with Gasteiger partial charge in [0.15, 0.2) is 0 Å². The predicted octanol–water partition coefficient (Wildman–Crippen LogP) is 3.37. The maximum Gasteiger partial charge on any atom is 0.275 e. The highest BCUT2D eigenvalue weighted by molar-refractivity contribution is 6.36. The van der Waals surface area contributed by atoms with E-state index in [0.29, 0.717) is 5.56 Å². The number of non-ortho nitro benzene ring substituents is 1. The molecule has 0 saturated carbocycles. The van der Waals surface area contributed by atoms with Crippen molar-refractivity contribution in [3.05, 3.63) is 67.7 Å². The van der Waals surface area contributed by atoms with Crippen LogP contribution in [0.4, 0.5) is 5.69 Å². The highest BCUT2D eigenvalue weighted by atomic mass is 35.5. The SMILES string of the molecule is O=C(N/N=C/c1ccc([N+](=O)[O-])cc1)c1cc(Cl)cc(Cl)c1O. The number of phenols is 1. The molecule has 23 heavy (non-hydrogen) atoms. The monoisotopic (exact) mass is 353 g/mol. The van der Waals surface area contributed by atoms with Gasteiger partial charge in [-0.15, -0.1) is 0 Å². The van der Waals surface area contributed by atoms with E-state index in [9.17, 15) is 20.0 Å². The molecule has 2 N–H and O–H groups in total. The van der Waals surface area contributed by atoms with E-state index in [1.807, 2.05) is 0 Å². The second-order valence-electron chi connectivity index (χ2n) is 4.33. The average molecular weight is 354 g/mol. The normalized spacial score (nSPS) is 10.7. The van der Waals surface area contributed by atoms with Crippen LogP contribution in [-0.2, 0) is 0 Å². The van der Waals surface area contributed by atoms with Gasteiger partial charge in [0.2, 0.25) is 0 Å². The van der Waals surface area contributed by atoms with Gasteiger partial charge in [0.25, 0.3) is 11.6 Å². The van der Waals surface area contributed by atoms with Crippen LogP contribution in [0, 0.1) is 10.1 Å². The van der Waals surface area contributed by atoms with Crippen LogP contribution in [-0.4, -0.2) is 22.2 Å². The lowest BCUT2D eigenvalue weighted by molar-refractivity contribution is -0.384. The summed E-state index contributed by atoms with van der Waals surface area (Å²) in [6, 6.07) is 8.12. The molecular formula is C14H9Cl2N3O4. The van der Waals surface area contributed by atoms with Gasteiger partial charge in [-0.05, 0) is 29.8 Å². The Balaban J connectivity index is 2.08. The fourth-order valence-corrected chi connectivity index (χ4v) is 2.14. The summed E-state index contributed by atoms with van der Waals surface area (Å²) in [5, 5.41) is 24.1. The number of hydrogen-bond donors (Lipinski definition) is 2. The van der Waals surface area contributed by atoms with Crippen LogP contribution in [0.15, 0.2) is 41.5 Å². The van der Waals surface area contributed by atoms with Gasteiger partial charge in [0.1, 0.15) is 5.75 Å². The third-order valence-corrected chi connectivity index (χ3v) is 3.26. The van der Waals surface area contributed by atoms with Gasteiger partial charge in [-0.2, -0.15) is 5.10 Å². The molecule has 0 fully saturated rings. The van der Waals surface area contributed by atoms with Crippen molar-refractivity contribution in [1.29, 1.82) is 0 Å². The van der Waals surface area contributed by atoms with E-state index in [1.54, 1.807) is 0 Å². The van der Waals surface area contributed by atoms with Crippen molar-refractivity contribution in [3.8, 4) is 5.75 Å². The first kappa shape index (κ1) is 16.7. The zero-order chi connectivity index (χ0) is 17.0. The molecule has 0 aliphatic heterocycles. The molecule has 7 nitrogen and oxygen atoms in total. The van der Waals surface area contributed by atoms with Crippen molar-refractivity contribution < 1.29 is 14.8 Å². The minimum absolute atomic E-state index is 0.0512. The van der Waals surface area contributed by atoms with Crippen LogP contribution in [0.3, 0.4) is 0 Å². The number of hydrogen-bond acceptors (Lipinski definition) is 5. The second kappa shape index (κ2) is 7.08. The molecule has 0 aliphatic rings. The Kier molecular flexibility index (Phi) is 5.15. The largest absolute Gasteiger partial charge is 0.506 e. The quantitative estimate of drug-likeness (QED) is 0.499. The fourth-order valence-electron chi connectivity index (χ4n) is 1.65. The number of carbonyl (C=O) groups excluding carboxylic acids is 1. The third-order valence-electron chi connectivity index (χ3n) is 2.76. The number of amides is 1. The summed E-state index contributed by atoms with van der Waals surface area (Å²) in [4.78, 5) is 21.9. The number of nitro groups is 1. The molecule has 9 heteroatoms. The Morgan fingerprint density at radius 1 is 1.26 bits per heavy atom. The molecule has 0 bridgehead atoms. The summed E-state index contributed by atoms with van der Waals surface area (Å²) in [7, 11) is 0. The number of halogens is 2. The Bertz CT molecular complexity index is 791. The lowest BCUT2D eigenvalue weighted by atomic mass is 10.2. The van der Waals surface area contributed by atoms with E-state index in [1.165, 1.54) is 42.6 Å². The summed E-state index contributed by atoms with van der Waals surface area (Å²) in [5.74, 6) is -1.11. The molecule has 0 radical (unpaired) electrons. The lowest BCUT2D eigenvalue weighted by Crippen LogP contribution is -2.17. The molecule has 0 aromatic heterocycles. The predicted molar refractivity (Wildman–Crippen MR) is 86.3 cm³/mol. The summed E-state index contributed by atoms with van der Waals surface area (Å²) in [6.45, 7) is 0. The molecule has 0 aliphatic carbocycles. The summed E-state index contributed by atoms with van der Waals surface area (Å²) in [6.07, 6.45) is 1.30. The first-order valence-electron chi connectivity index (χ1n) is 6.14. The van der Waals surface area contributed by atoms with Crippen LogP contribution in [0.25, 0.3) is 0 Å². The molecule has 0 spiro atoms. The zero-order valence-electron chi connectivity index (χ0n) is 11.4. The summed E-state index contributed by atoms with van der Waals surface area (Å²) < 4.78 is 0. The Morgan fingerprint density at radius 3 is 2.52 bits per heavy atom. The number of benzene rings is 2. The topological polar surface area (TPSA) is 105 Å². The maximum absolute atomic E-state index is 11.9. The van der Waals surface area contributed by atoms with Crippen molar-refractivity contribution in [3.63, 3.8) is 0 Å². The number of nitrogens with one attached hydrogen (secondary N) is 1. The number of nitro benzene ring substituents is 1. The standard InChI is InChI=1S/C14H9Cl2N3O4/c15-9-5-11(13(20)12(16)6-9)14(21)18-17-7-8-1-3-10(4-2-8)19(22)23/h1-7,20H,(H,18,21)/b17-7+. The van der Waals surface area contributed by atoms with Crippen LogP contribution < -0.4 is 5.43 Å². The third kappa shape index (κ3) is 4.18. The first-order valence-corrected chi connectivity index (χ1v) is 6.90. The van der Waals surface area contributed by atoms with Crippen molar-refractivity contribution in [2.75, 3.05) is 0 Å². The number of nitrogens with zero attached hydrogens (tertiary/aromatic N) is 2. The minimum atomic E-state index is -0.704. The fraction of sp³-hybridized carbons (Fsp3) is 0. The maximum atomic E-state index is 11.9. The van der Waals surface area contributed by atoms with Crippen LogP contribution in [0.1, 0.15) is 15.9 Å². The highest BCUT2D eigenvalue weighted by Gasteiger charge is 2.14. The molecule has 2 rings (SSSR count). The minimum Gasteiger partial charge on any atom is -0.506 e. The zero-order valence-corrected chi connectivity index (χ0v) is 12.9. The highest BCUT2D eigenvalue weighted by Crippen LogP contribution is 2.30. The lowest BCUT2D eigenvalue weighted by Gasteiger charge is -2.05. The van der Waals surface area contributed by atoms with Crippen molar-refractivity contribution >= 4 is 41.0 Å². The van der Waals surface area contributed by atoms with E-state index in [-0.39, 0.29) is 21.3 Å². The smallest absolute Gasteiger partial charge is 0.275 e. The van der Waals surface area contributed by atoms with E-state index in [2.05, 4.69) is 10.5 Å². The average Bonchev–Trinajstić information content (AvgIpc) is 2.51. The van der Waals surface area contributed by atoms with Crippen LogP contribution in [0.5, 0.6) is 5.75 Å². The molecule has 0 atom stereocenters. The van der Waals surface area contributed by atoms with E-state index >= 15 is 0 Å². The number of aromatic hydroxyl groups is 1. The summed E-state index contributed by atoms with van der Waals surface area (Å²) >= 11 is 11.5. The van der Waals surface area contributed by atoms with E-state index in [4.69, 9.17) is 23.2 Å². The number of rotatable bonds is 4. The Morgan fingerprint density at radius 2 is 1.91 bits per heavy atom. The molecule has 0 heterocycles. The Hall–Kier alpha value is -2.64. The van der Waals surface area contributed by atoms with Crippen molar-refractivity contribution in [2.24, 2.45) is 5.10 Å². The molecule has 2 aromatic carbocycles. The van der Waals surface area contributed by atoms with Crippen LogP contribution in [0.2, 0.25) is 10.0 Å². The van der Waals surface area contributed by atoms with Gasteiger partial charge in [-0.3, -0.25) is 14.9 Å². The number of phenolic OH excluding ortho intramolecular Hbond substituents is 1. The second-order valence-corrected chi connectivity index (χ2v) is 5.18. The van der Waals surface area contributed by atoms with Gasteiger partial charge in [-0.1, -0.05) is 23.2 Å². The molecule has 118 valence electrons. The Labute approximate surface area is 140 Å². The number of hydrazone groups is 1. The van der Waals surface area contributed by atoms with E-state index < -0.39 is 16.6 Å². The first-order chi connectivity index (χ1) is 10.9. The van der Waals surface area contributed by atoms with Crippen molar-refractivity contribution in [1.82, 2.24) is 5.43 Å². The molecule has 0 saturated heterocycles. The molecular weight excluding hydrogens is 345 g/mol. The van der Waals surface area contributed by atoms with Gasteiger partial charge in [-0.25, -0.2) is 5.43 Å². The van der Waals surface area contributed by atoms with Gasteiger partial charge < -0.3 is 5.11 Å². The molecule has 0 unspecified atom stereocenters. The van der Waals surface area contributed by atoms with Gasteiger partial charge >= 0.3 is 0 Å². The van der Waals surface area contributed by atoms with Crippen LogP contribution >= 0.6 is 23.2 Å². The van der Waals surface area contributed by atoms with E-state index in [0.717, 1.165) is 0 Å². The molecule has 2 aromatic rings. The van der Waals surface area contributed by atoms with Gasteiger partial charge in [0.05, 0.1) is 21.7 Å². The van der Waals surface area contributed by atoms with Gasteiger partial charge in [0, 0.05) is 17.2 Å². The number of carbonyl (C=O) groups is 1. The summed E-state index contributed by atoms with van der Waals surface area (Å²) in [5.41, 5.74) is 2.57.